The maximum absolute atomic E-state index is 11.8. The SMILES string of the molecule is Nc1ccc(C(=O)NC(=O)C(=O)Nc2ccccc2Cl)cc1. The van der Waals surface area contributed by atoms with E-state index in [0.717, 1.165) is 0 Å². The number of halogens is 1. The molecule has 2 aromatic rings. The number of nitrogens with one attached hydrogen (secondary N) is 2. The lowest BCUT2D eigenvalue weighted by molar-refractivity contribution is -0.135. The van der Waals surface area contributed by atoms with Gasteiger partial charge in [-0.25, -0.2) is 0 Å². The van der Waals surface area contributed by atoms with Crippen molar-refractivity contribution in [3.8, 4) is 0 Å². The van der Waals surface area contributed by atoms with Gasteiger partial charge in [-0.05, 0) is 36.4 Å². The molecule has 6 nitrogen and oxygen atoms in total. The van der Waals surface area contributed by atoms with Crippen molar-refractivity contribution in [2.24, 2.45) is 0 Å². The van der Waals surface area contributed by atoms with Gasteiger partial charge >= 0.3 is 11.8 Å². The van der Waals surface area contributed by atoms with Gasteiger partial charge in [0.2, 0.25) is 0 Å². The van der Waals surface area contributed by atoms with Crippen molar-refractivity contribution >= 4 is 40.7 Å². The van der Waals surface area contributed by atoms with Crippen molar-refractivity contribution in [1.29, 1.82) is 0 Å². The summed E-state index contributed by atoms with van der Waals surface area (Å²) in [7, 11) is 0. The van der Waals surface area contributed by atoms with Crippen LogP contribution in [-0.2, 0) is 9.59 Å². The monoisotopic (exact) mass is 317 g/mol. The number of anilines is 2. The zero-order valence-corrected chi connectivity index (χ0v) is 12.1. The Balaban J connectivity index is 1.99. The van der Waals surface area contributed by atoms with Crippen LogP contribution in [0.2, 0.25) is 5.02 Å². The first-order chi connectivity index (χ1) is 10.5. The fourth-order valence-corrected chi connectivity index (χ4v) is 1.79. The smallest absolute Gasteiger partial charge is 0.316 e. The number of rotatable bonds is 2. The largest absolute Gasteiger partial charge is 0.399 e. The molecule has 0 heterocycles. The number of imide groups is 1. The highest BCUT2D eigenvalue weighted by Gasteiger charge is 2.18. The number of nitrogen functional groups attached to an aromatic ring is 1. The molecule has 2 rings (SSSR count). The van der Waals surface area contributed by atoms with Crippen molar-refractivity contribution in [3.05, 3.63) is 59.1 Å². The van der Waals surface area contributed by atoms with E-state index in [9.17, 15) is 14.4 Å². The van der Waals surface area contributed by atoms with Gasteiger partial charge in [0.15, 0.2) is 0 Å². The predicted molar refractivity (Wildman–Crippen MR) is 83.4 cm³/mol. The second-order valence-electron chi connectivity index (χ2n) is 4.34. The van der Waals surface area contributed by atoms with Gasteiger partial charge < -0.3 is 11.1 Å². The van der Waals surface area contributed by atoms with Crippen LogP contribution in [0.25, 0.3) is 0 Å². The van der Waals surface area contributed by atoms with Crippen LogP contribution in [0.4, 0.5) is 11.4 Å². The third-order valence-electron chi connectivity index (χ3n) is 2.73. The molecule has 0 saturated carbocycles. The third-order valence-corrected chi connectivity index (χ3v) is 3.06. The number of nitrogens with two attached hydrogens (primary N) is 1. The van der Waals surface area contributed by atoms with Crippen LogP contribution < -0.4 is 16.4 Å². The summed E-state index contributed by atoms with van der Waals surface area (Å²) in [6.07, 6.45) is 0. The minimum Gasteiger partial charge on any atom is -0.399 e. The summed E-state index contributed by atoms with van der Waals surface area (Å²) >= 11 is 5.86. The van der Waals surface area contributed by atoms with E-state index < -0.39 is 17.7 Å². The van der Waals surface area contributed by atoms with Gasteiger partial charge in [-0.2, -0.15) is 0 Å². The number of hydrogen-bond donors (Lipinski definition) is 3. The van der Waals surface area contributed by atoms with Crippen molar-refractivity contribution < 1.29 is 14.4 Å². The Hall–Kier alpha value is -2.86. The Morgan fingerprint density at radius 3 is 2.18 bits per heavy atom. The van der Waals surface area contributed by atoms with Crippen molar-refractivity contribution in [2.45, 2.75) is 0 Å². The van der Waals surface area contributed by atoms with Gasteiger partial charge in [-0.1, -0.05) is 23.7 Å². The first kappa shape index (κ1) is 15.5. The topological polar surface area (TPSA) is 101 Å². The number of para-hydroxylation sites is 1. The van der Waals surface area contributed by atoms with Gasteiger partial charge in [-0.15, -0.1) is 0 Å². The summed E-state index contributed by atoms with van der Waals surface area (Å²) < 4.78 is 0. The Kier molecular flexibility index (Phi) is 4.75. The van der Waals surface area contributed by atoms with E-state index in [1.165, 1.54) is 30.3 Å². The molecule has 2 aromatic carbocycles. The van der Waals surface area contributed by atoms with Gasteiger partial charge in [0.1, 0.15) is 0 Å². The normalized spacial score (nSPS) is 9.86. The molecule has 0 aliphatic heterocycles. The minimum absolute atomic E-state index is 0.216. The van der Waals surface area contributed by atoms with Crippen molar-refractivity contribution in [2.75, 3.05) is 11.1 Å². The summed E-state index contributed by atoms with van der Waals surface area (Å²) in [5, 5.41) is 4.59. The maximum atomic E-state index is 11.8. The molecule has 112 valence electrons. The van der Waals surface area contributed by atoms with E-state index >= 15 is 0 Å². The number of amides is 3. The molecule has 0 unspecified atom stereocenters. The summed E-state index contributed by atoms with van der Waals surface area (Å²) in [5.74, 6) is -2.77. The molecule has 0 fully saturated rings. The lowest BCUT2D eigenvalue weighted by Crippen LogP contribution is -2.39. The number of hydrogen-bond acceptors (Lipinski definition) is 4. The second kappa shape index (κ2) is 6.73. The van der Waals surface area contributed by atoms with Gasteiger partial charge in [0, 0.05) is 11.3 Å². The molecule has 0 spiro atoms. The maximum Gasteiger partial charge on any atom is 0.316 e. The van der Waals surface area contributed by atoms with Crippen LogP contribution in [0.1, 0.15) is 10.4 Å². The zero-order valence-electron chi connectivity index (χ0n) is 11.3. The summed E-state index contributed by atoms with van der Waals surface area (Å²) in [6, 6.07) is 12.4. The van der Waals surface area contributed by atoms with Crippen LogP contribution in [-0.4, -0.2) is 17.7 Å². The lowest BCUT2D eigenvalue weighted by Gasteiger charge is -2.07. The highest BCUT2D eigenvalue weighted by Crippen LogP contribution is 2.20. The Morgan fingerprint density at radius 1 is 0.909 bits per heavy atom. The Bertz CT molecular complexity index is 729. The molecular formula is C15H12ClN3O3. The van der Waals surface area contributed by atoms with Gasteiger partial charge in [-0.3, -0.25) is 19.7 Å². The van der Waals surface area contributed by atoms with Crippen LogP contribution in [0.5, 0.6) is 0 Å². The molecule has 3 amide bonds. The molecule has 0 aromatic heterocycles. The summed E-state index contributed by atoms with van der Waals surface area (Å²) in [4.78, 5) is 35.2. The number of carbonyl (C=O) groups is 3. The molecule has 0 atom stereocenters. The average Bonchev–Trinajstić information content (AvgIpc) is 2.50. The standard InChI is InChI=1S/C15H12ClN3O3/c16-11-3-1-2-4-12(11)18-14(21)15(22)19-13(20)9-5-7-10(17)8-6-9/h1-8H,17H2,(H,18,21)(H,19,20,22). The van der Waals surface area contributed by atoms with Gasteiger partial charge in [0.25, 0.3) is 5.91 Å². The van der Waals surface area contributed by atoms with Crippen LogP contribution >= 0.6 is 11.6 Å². The second-order valence-corrected chi connectivity index (χ2v) is 4.75. The fraction of sp³-hybridized carbons (Fsp3) is 0. The molecule has 7 heteroatoms. The number of benzene rings is 2. The fourth-order valence-electron chi connectivity index (χ4n) is 1.61. The van der Waals surface area contributed by atoms with Gasteiger partial charge in [0.05, 0.1) is 10.7 Å². The molecular weight excluding hydrogens is 306 g/mol. The third kappa shape index (κ3) is 3.83. The van der Waals surface area contributed by atoms with E-state index in [2.05, 4.69) is 5.32 Å². The Labute approximate surface area is 131 Å². The first-order valence-electron chi connectivity index (χ1n) is 6.24. The molecule has 0 saturated heterocycles. The molecule has 0 bridgehead atoms. The van der Waals surface area contributed by atoms with Crippen molar-refractivity contribution in [3.63, 3.8) is 0 Å². The molecule has 0 aliphatic carbocycles. The quantitative estimate of drug-likeness (QED) is 0.581. The van der Waals surface area contributed by atoms with Crippen molar-refractivity contribution in [1.82, 2.24) is 5.32 Å². The van der Waals surface area contributed by atoms with E-state index in [-0.39, 0.29) is 16.3 Å². The number of carbonyl (C=O) groups excluding carboxylic acids is 3. The Morgan fingerprint density at radius 2 is 1.55 bits per heavy atom. The summed E-state index contributed by atoms with van der Waals surface area (Å²) in [6.45, 7) is 0. The molecule has 0 radical (unpaired) electrons. The van der Waals surface area contributed by atoms with E-state index in [1.807, 2.05) is 5.32 Å². The van der Waals surface area contributed by atoms with E-state index in [1.54, 1.807) is 18.2 Å². The molecule has 22 heavy (non-hydrogen) atoms. The average molecular weight is 318 g/mol. The zero-order chi connectivity index (χ0) is 16.1. The molecule has 4 N–H and O–H groups in total. The highest BCUT2D eigenvalue weighted by atomic mass is 35.5. The summed E-state index contributed by atoms with van der Waals surface area (Å²) in [5.41, 5.74) is 6.48. The first-order valence-corrected chi connectivity index (χ1v) is 6.62. The molecule has 0 aliphatic rings. The van der Waals surface area contributed by atoms with Crippen LogP contribution in [0.3, 0.4) is 0 Å². The van der Waals surface area contributed by atoms with Crippen LogP contribution in [0.15, 0.2) is 48.5 Å². The minimum atomic E-state index is -1.08. The van der Waals surface area contributed by atoms with E-state index in [4.69, 9.17) is 17.3 Å². The predicted octanol–water partition coefficient (Wildman–Crippen LogP) is 1.82. The lowest BCUT2D eigenvalue weighted by atomic mass is 10.2. The highest BCUT2D eigenvalue weighted by molar-refractivity contribution is 6.43. The van der Waals surface area contributed by atoms with Crippen LogP contribution in [0, 0.1) is 0 Å². The van der Waals surface area contributed by atoms with E-state index in [0.29, 0.717) is 5.69 Å².